The van der Waals surface area contributed by atoms with Crippen molar-refractivity contribution in [3.05, 3.63) is 17.5 Å². The summed E-state index contributed by atoms with van der Waals surface area (Å²) in [7, 11) is 1.83. The topological polar surface area (TPSA) is 43.8 Å². The Morgan fingerprint density at radius 1 is 1.31 bits per heavy atom. The van der Waals surface area contributed by atoms with E-state index in [1.54, 1.807) is 4.68 Å². The molecule has 1 aliphatic rings. The van der Waals surface area contributed by atoms with E-state index < -0.39 is 11.5 Å². The van der Waals surface area contributed by atoms with Crippen molar-refractivity contribution < 1.29 is 8.78 Å². The highest BCUT2D eigenvalue weighted by molar-refractivity contribution is 5.19. The van der Waals surface area contributed by atoms with Crippen LogP contribution in [0.4, 0.5) is 8.78 Å². The molecule has 0 saturated heterocycles. The van der Waals surface area contributed by atoms with E-state index >= 15 is 0 Å². The normalized spacial score (nSPS) is 23.3. The summed E-state index contributed by atoms with van der Waals surface area (Å²) in [5, 5.41) is 4.30. The van der Waals surface area contributed by atoms with Crippen molar-refractivity contribution in [1.29, 1.82) is 0 Å². The Hall–Kier alpha value is -0.970. The molecule has 0 bridgehead atoms. The number of rotatable bonds is 1. The second-order valence-electron chi connectivity index (χ2n) is 4.81. The third-order valence-corrected chi connectivity index (χ3v) is 3.50. The van der Waals surface area contributed by atoms with Crippen LogP contribution in [0.15, 0.2) is 6.07 Å². The Bertz CT molecular complexity index is 368. The van der Waals surface area contributed by atoms with Crippen molar-refractivity contribution in [2.45, 2.75) is 44.1 Å². The lowest BCUT2D eigenvalue weighted by atomic mass is 9.78. The molecule has 1 aromatic heterocycles. The standard InChI is InChI=1S/C11H17F2N3/c1-8-7-9(15-16(8)2)10(14)3-5-11(12,13)6-4-10/h7H,3-6,14H2,1-2H3. The molecule has 1 aromatic rings. The summed E-state index contributed by atoms with van der Waals surface area (Å²) >= 11 is 0. The minimum Gasteiger partial charge on any atom is -0.320 e. The van der Waals surface area contributed by atoms with Crippen molar-refractivity contribution in [1.82, 2.24) is 9.78 Å². The monoisotopic (exact) mass is 229 g/mol. The Morgan fingerprint density at radius 3 is 2.31 bits per heavy atom. The Morgan fingerprint density at radius 2 is 1.88 bits per heavy atom. The van der Waals surface area contributed by atoms with Gasteiger partial charge in [-0.3, -0.25) is 4.68 Å². The van der Waals surface area contributed by atoms with Gasteiger partial charge in [0.25, 0.3) is 0 Å². The van der Waals surface area contributed by atoms with Crippen LogP contribution < -0.4 is 5.73 Å². The smallest absolute Gasteiger partial charge is 0.248 e. The van der Waals surface area contributed by atoms with Crippen LogP contribution in [0.3, 0.4) is 0 Å². The van der Waals surface area contributed by atoms with E-state index in [0.29, 0.717) is 12.8 Å². The summed E-state index contributed by atoms with van der Waals surface area (Å²) in [6.07, 6.45) is 0.325. The first kappa shape index (κ1) is 11.5. The summed E-state index contributed by atoms with van der Waals surface area (Å²) in [6, 6.07) is 1.89. The van der Waals surface area contributed by atoms with Gasteiger partial charge in [-0.1, -0.05) is 0 Å². The van der Waals surface area contributed by atoms with Gasteiger partial charge in [0.2, 0.25) is 5.92 Å². The highest BCUT2D eigenvalue weighted by Gasteiger charge is 2.43. The van der Waals surface area contributed by atoms with E-state index in [0.717, 1.165) is 11.4 Å². The van der Waals surface area contributed by atoms with E-state index in [4.69, 9.17) is 5.73 Å². The Labute approximate surface area is 93.6 Å². The minimum atomic E-state index is -2.55. The van der Waals surface area contributed by atoms with Crippen LogP contribution >= 0.6 is 0 Å². The average molecular weight is 229 g/mol. The SMILES string of the molecule is Cc1cc(C2(N)CCC(F)(F)CC2)nn1C. The summed E-state index contributed by atoms with van der Waals surface area (Å²) in [6.45, 7) is 1.93. The molecule has 1 heterocycles. The zero-order valence-electron chi connectivity index (χ0n) is 9.63. The largest absolute Gasteiger partial charge is 0.320 e. The quantitative estimate of drug-likeness (QED) is 0.801. The molecule has 5 heteroatoms. The van der Waals surface area contributed by atoms with Gasteiger partial charge in [0.1, 0.15) is 0 Å². The highest BCUT2D eigenvalue weighted by atomic mass is 19.3. The number of halogens is 2. The maximum absolute atomic E-state index is 13.1. The van der Waals surface area contributed by atoms with Gasteiger partial charge in [-0.2, -0.15) is 5.10 Å². The van der Waals surface area contributed by atoms with Gasteiger partial charge in [0, 0.05) is 25.6 Å². The molecule has 0 unspecified atom stereocenters. The Kier molecular flexibility index (Phi) is 2.53. The lowest BCUT2D eigenvalue weighted by molar-refractivity contribution is -0.0519. The fourth-order valence-corrected chi connectivity index (χ4v) is 2.12. The molecule has 3 nitrogen and oxygen atoms in total. The molecule has 2 N–H and O–H groups in total. The van der Waals surface area contributed by atoms with E-state index in [9.17, 15) is 8.78 Å². The molecule has 2 rings (SSSR count). The fourth-order valence-electron chi connectivity index (χ4n) is 2.12. The van der Waals surface area contributed by atoms with E-state index in [-0.39, 0.29) is 12.8 Å². The number of alkyl halides is 2. The number of nitrogens with zero attached hydrogens (tertiary/aromatic N) is 2. The molecule has 1 aliphatic carbocycles. The summed E-state index contributed by atoms with van der Waals surface area (Å²) in [4.78, 5) is 0. The number of aryl methyl sites for hydroxylation is 2. The van der Waals surface area contributed by atoms with Crippen LogP contribution in [0, 0.1) is 6.92 Å². The molecular formula is C11H17F2N3. The van der Waals surface area contributed by atoms with Gasteiger partial charge in [-0.25, -0.2) is 8.78 Å². The van der Waals surface area contributed by atoms with Crippen molar-refractivity contribution >= 4 is 0 Å². The summed E-state index contributed by atoms with van der Waals surface area (Å²) < 4.78 is 27.9. The first-order valence-electron chi connectivity index (χ1n) is 5.50. The van der Waals surface area contributed by atoms with Crippen LogP contribution in [-0.2, 0) is 12.6 Å². The second kappa shape index (κ2) is 3.52. The third-order valence-electron chi connectivity index (χ3n) is 3.50. The van der Waals surface area contributed by atoms with Gasteiger partial charge in [0.15, 0.2) is 0 Å². The predicted octanol–water partition coefficient (Wildman–Crippen LogP) is 2.09. The summed E-state index contributed by atoms with van der Waals surface area (Å²) in [5.41, 5.74) is 7.24. The molecule has 0 amide bonds. The van der Waals surface area contributed by atoms with Crippen molar-refractivity contribution in [3.63, 3.8) is 0 Å². The number of hydrogen-bond acceptors (Lipinski definition) is 2. The number of aromatic nitrogens is 2. The molecule has 0 atom stereocenters. The molecule has 1 fully saturated rings. The second-order valence-corrected chi connectivity index (χ2v) is 4.81. The van der Waals surface area contributed by atoms with Crippen LogP contribution in [0.1, 0.15) is 37.1 Å². The first-order valence-corrected chi connectivity index (χ1v) is 5.50. The molecular weight excluding hydrogens is 212 g/mol. The van der Waals surface area contributed by atoms with Gasteiger partial charge in [0.05, 0.1) is 11.2 Å². The van der Waals surface area contributed by atoms with E-state index in [2.05, 4.69) is 5.10 Å². The molecule has 0 radical (unpaired) electrons. The predicted molar refractivity (Wildman–Crippen MR) is 57.2 cm³/mol. The fraction of sp³-hybridized carbons (Fsp3) is 0.727. The van der Waals surface area contributed by atoms with Gasteiger partial charge >= 0.3 is 0 Å². The van der Waals surface area contributed by atoms with Gasteiger partial charge in [-0.05, 0) is 25.8 Å². The zero-order valence-corrected chi connectivity index (χ0v) is 9.63. The Balaban J connectivity index is 2.21. The lowest BCUT2D eigenvalue weighted by Crippen LogP contribution is -2.43. The van der Waals surface area contributed by atoms with Crippen LogP contribution in [0.5, 0.6) is 0 Å². The van der Waals surface area contributed by atoms with Crippen molar-refractivity contribution in [2.24, 2.45) is 12.8 Å². The molecule has 90 valence electrons. The molecule has 16 heavy (non-hydrogen) atoms. The van der Waals surface area contributed by atoms with Crippen LogP contribution in [-0.4, -0.2) is 15.7 Å². The van der Waals surface area contributed by atoms with E-state index in [1.165, 1.54) is 0 Å². The maximum Gasteiger partial charge on any atom is 0.248 e. The minimum absolute atomic E-state index is 0.140. The molecule has 0 aromatic carbocycles. The van der Waals surface area contributed by atoms with Crippen molar-refractivity contribution in [3.8, 4) is 0 Å². The average Bonchev–Trinajstić information content (AvgIpc) is 2.54. The maximum atomic E-state index is 13.1. The molecule has 0 aliphatic heterocycles. The first-order chi connectivity index (χ1) is 7.32. The van der Waals surface area contributed by atoms with Gasteiger partial charge in [-0.15, -0.1) is 0 Å². The van der Waals surface area contributed by atoms with Gasteiger partial charge < -0.3 is 5.73 Å². The third kappa shape index (κ3) is 1.96. The number of hydrogen-bond donors (Lipinski definition) is 1. The highest BCUT2D eigenvalue weighted by Crippen LogP contribution is 2.41. The molecule has 0 spiro atoms. The lowest BCUT2D eigenvalue weighted by Gasteiger charge is -2.35. The zero-order chi connectivity index (χ0) is 12.0. The van der Waals surface area contributed by atoms with Crippen molar-refractivity contribution in [2.75, 3.05) is 0 Å². The molecule has 1 saturated carbocycles. The van der Waals surface area contributed by atoms with Crippen LogP contribution in [0.25, 0.3) is 0 Å². The van der Waals surface area contributed by atoms with E-state index in [1.807, 2.05) is 20.0 Å². The number of nitrogens with two attached hydrogens (primary N) is 1. The van der Waals surface area contributed by atoms with Crippen LogP contribution in [0.2, 0.25) is 0 Å². The summed E-state index contributed by atoms with van der Waals surface area (Å²) in [5.74, 6) is -2.55.